The van der Waals surface area contributed by atoms with Crippen LogP contribution in [-0.4, -0.2) is 36.9 Å². The van der Waals surface area contributed by atoms with Crippen LogP contribution < -0.4 is 0 Å². The van der Waals surface area contributed by atoms with Crippen LogP contribution in [0, 0.1) is 0 Å². The molecule has 0 aromatic heterocycles. The van der Waals surface area contributed by atoms with Gasteiger partial charge in [0.25, 0.3) is 0 Å². The number of alkyl halides is 2. The molecule has 0 aromatic carbocycles. The molecule has 110 valence electrons. The van der Waals surface area contributed by atoms with Crippen LogP contribution in [0.3, 0.4) is 0 Å². The first kappa shape index (κ1) is 17.8. The maximum absolute atomic E-state index is 13.7. The Morgan fingerprint density at radius 3 is 2.33 bits per heavy atom. The molecule has 3 heteroatoms. The van der Waals surface area contributed by atoms with Crippen LogP contribution >= 0.6 is 0 Å². The van der Waals surface area contributed by atoms with E-state index in [9.17, 15) is 8.78 Å². The fraction of sp³-hybridized carbons (Fsp3) is 1.00. The fourth-order valence-electron chi connectivity index (χ4n) is 2.07. The summed E-state index contributed by atoms with van der Waals surface area (Å²) in [5, 5.41) is 0. The first-order valence-electron chi connectivity index (χ1n) is 7.44. The Labute approximate surface area is 112 Å². The third-order valence-corrected chi connectivity index (χ3v) is 3.99. The Morgan fingerprint density at radius 1 is 1.17 bits per heavy atom. The molecule has 0 aliphatic rings. The molecular weight excluding hydrogens is 232 g/mol. The standard InChI is InChI=1S/C15H31F2N/c1-5-7-12-18(4)14(3)10-8-9-11-15(17,6-2)13-16/h14H,5-13H2,1-4H3. The maximum Gasteiger partial charge on any atom is 0.138 e. The minimum Gasteiger partial charge on any atom is -0.304 e. The molecule has 0 amide bonds. The van der Waals surface area contributed by atoms with Crippen LogP contribution in [0.2, 0.25) is 0 Å². The van der Waals surface area contributed by atoms with Crippen molar-refractivity contribution >= 4 is 0 Å². The highest BCUT2D eigenvalue weighted by atomic mass is 19.2. The molecule has 0 bridgehead atoms. The molecular formula is C15H31F2N. The lowest BCUT2D eigenvalue weighted by molar-refractivity contribution is 0.0995. The van der Waals surface area contributed by atoms with E-state index in [-0.39, 0.29) is 6.42 Å². The zero-order chi connectivity index (χ0) is 14.0. The van der Waals surface area contributed by atoms with Crippen molar-refractivity contribution in [2.45, 2.75) is 77.4 Å². The van der Waals surface area contributed by atoms with Gasteiger partial charge < -0.3 is 4.90 Å². The lowest BCUT2D eigenvalue weighted by atomic mass is 9.96. The Morgan fingerprint density at radius 2 is 1.83 bits per heavy atom. The highest BCUT2D eigenvalue weighted by Crippen LogP contribution is 2.24. The number of hydrogen-bond acceptors (Lipinski definition) is 1. The Balaban J connectivity index is 3.70. The summed E-state index contributed by atoms with van der Waals surface area (Å²) in [5.74, 6) is 0. The van der Waals surface area contributed by atoms with E-state index in [4.69, 9.17) is 0 Å². The van der Waals surface area contributed by atoms with Gasteiger partial charge in [-0.2, -0.15) is 0 Å². The van der Waals surface area contributed by atoms with E-state index < -0.39 is 12.3 Å². The van der Waals surface area contributed by atoms with E-state index in [2.05, 4.69) is 25.8 Å². The topological polar surface area (TPSA) is 3.24 Å². The average Bonchev–Trinajstić information content (AvgIpc) is 2.40. The normalized spacial score (nSPS) is 16.8. The van der Waals surface area contributed by atoms with Crippen LogP contribution in [0.1, 0.15) is 65.7 Å². The van der Waals surface area contributed by atoms with Crippen molar-refractivity contribution < 1.29 is 8.78 Å². The van der Waals surface area contributed by atoms with Crippen LogP contribution in [0.25, 0.3) is 0 Å². The molecule has 0 radical (unpaired) electrons. The van der Waals surface area contributed by atoms with Crippen LogP contribution in [-0.2, 0) is 0 Å². The largest absolute Gasteiger partial charge is 0.304 e. The van der Waals surface area contributed by atoms with Gasteiger partial charge >= 0.3 is 0 Å². The van der Waals surface area contributed by atoms with Gasteiger partial charge in [-0.1, -0.05) is 33.1 Å². The van der Waals surface area contributed by atoms with Crippen LogP contribution in [0.4, 0.5) is 8.78 Å². The highest BCUT2D eigenvalue weighted by Gasteiger charge is 2.26. The predicted molar refractivity (Wildman–Crippen MR) is 75.6 cm³/mol. The van der Waals surface area contributed by atoms with Gasteiger partial charge in [0, 0.05) is 6.04 Å². The van der Waals surface area contributed by atoms with Crippen molar-refractivity contribution in [1.82, 2.24) is 4.90 Å². The summed E-state index contributed by atoms with van der Waals surface area (Å²) in [5.41, 5.74) is -1.57. The van der Waals surface area contributed by atoms with E-state index in [1.165, 1.54) is 12.8 Å². The molecule has 0 spiro atoms. The molecule has 18 heavy (non-hydrogen) atoms. The molecule has 0 rings (SSSR count). The van der Waals surface area contributed by atoms with E-state index in [0.29, 0.717) is 12.5 Å². The van der Waals surface area contributed by atoms with E-state index in [1.807, 2.05) is 0 Å². The summed E-state index contributed by atoms with van der Waals surface area (Å²) in [4.78, 5) is 2.36. The summed E-state index contributed by atoms with van der Waals surface area (Å²) in [7, 11) is 2.15. The SMILES string of the molecule is CCCCN(C)C(C)CCCCC(F)(CC)CF. The first-order valence-corrected chi connectivity index (χ1v) is 7.44. The van der Waals surface area contributed by atoms with Gasteiger partial charge in [-0.05, 0) is 46.2 Å². The van der Waals surface area contributed by atoms with Crippen LogP contribution in [0.5, 0.6) is 0 Å². The zero-order valence-electron chi connectivity index (χ0n) is 12.6. The quantitative estimate of drug-likeness (QED) is 0.486. The maximum atomic E-state index is 13.7. The minimum atomic E-state index is -1.57. The third-order valence-electron chi connectivity index (χ3n) is 3.99. The van der Waals surface area contributed by atoms with Crippen molar-refractivity contribution in [2.24, 2.45) is 0 Å². The molecule has 0 fully saturated rings. The molecule has 0 aliphatic heterocycles. The van der Waals surface area contributed by atoms with Crippen molar-refractivity contribution in [1.29, 1.82) is 0 Å². The zero-order valence-corrected chi connectivity index (χ0v) is 12.6. The van der Waals surface area contributed by atoms with Crippen molar-refractivity contribution in [3.8, 4) is 0 Å². The van der Waals surface area contributed by atoms with E-state index in [1.54, 1.807) is 6.92 Å². The molecule has 2 unspecified atom stereocenters. The second-order valence-corrected chi connectivity index (χ2v) is 5.57. The molecule has 0 heterocycles. The van der Waals surface area contributed by atoms with Gasteiger partial charge in [0.1, 0.15) is 12.3 Å². The Kier molecular flexibility index (Phi) is 9.61. The van der Waals surface area contributed by atoms with Crippen molar-refractivity contribution in [3.63, 3.8) is 0 Å². The summed E-state index contributed by atoms with van der Waals surface area (Å²) in [6, 6.07) is 0.539. The number of hydrogen-bond donors (Lipinski definition) is 0. The Hall–Kier alpha value is -0.180. The van der Waals surface area contributed by atoms with Gasteiger partial charge in [0.2, 0.25) is 0 Å². The van der Waals surface area contributed by atoms with Gasteiger partial charge in [0.15, 0.2) is 0 Å². The van der Waals surface area contributed by atoms with E-state index in [0.717, 1.165) is 25.8 Å². The van der Waals surface area contributed by atoms with E-state index >= 15 is 0 Å². The summed E-state index contributed by atoms with van der Waals surface area (Å²) >= 11 is 0. The van der Waals surface area contributed by atoms with Gasteiger partial charge in [-0.3, -0.25) is 0 Å². The third kappa shape index (κ3) is 7.30. The number of rotatable bonds is 11. The van der Waals surface area contributed by atoms with Crippen molar-refractivity contribution in [3.05, 3.63) is 0 Å². The lowest BCUT2D eigenvalue weighted by Crippen LogP contribution is -2.30. The molecule has 0 aromatic rings. The fourth-order valence-corrected chi connectivity index (χ4v) is 2.07. The molecule has 0 aliphatic carbocycles. The van der Waals surface area contributed by atoms with Crippen molar-refractivity contribution in [2.75, 3.05) is 20.3 Å². The molecule has 2 atom stereocenters. The lowest BCUT2D eigenvalue weighted by Gasteiger charge is -2.25. The Bertz CT molecular complexity index is 193. The molecule has 0 saturated carbocycles. The smallest absolute Gasteiger partial charge is 0.138 e. The molecule has 0 saturated heterocycles. The van der Waals surface area contributed by atoms with Gasteiger partial charge in [0.05, 0.1) is 0 Å². The van der Waals surface area contributed by atoms with Gasteiger partial charge in [-0.15, -0.1) is 0 Å². The number of nitrogens with zero attached hydrogens (tertiary/aromatic N) is 1. The summed E-state index contributed by atoms with van der Waals surface area (Å²) in [6.45, 7) is 6.43. The predicted octanol–water partition coefficient (Wildman–Crippen LogP) is 4.76. The molecule has 0 N–H and O–H groups in total. The van der Waals surface area contributed by atoms with Crippen LogP contribution in [0.15, 0.2) is 0 Å². The van der Waals surface area contributed by atoms with Gasteiger partial charge in [-0.25, -0.2) is 8.78 Å². The number of halogens is 2. The highest BCUT2D eigenvalue weighted by molar-refractivity contribution is 4.76. The summed E-state index contributed by atoms with van der Waals surface area (Å²) in [6.07, 6.45) is 5.96. The monoisotopic (exact) mass is 263 g/mol. The number of unbranched alkanes of at least 4 members (excludes halogenated alkanes) is 2. The second kappa shape index (κ2) is 9.71. The average molecular weight is 263 g/mol. The minimum absolute atomic E-state index is 0.287. The first-order chi connectivity index (χ1) is 8.49. The summed E-state index contributed by atoms with van der Waals surface area (Å²) < 4.78 is 26.2. The molecule has 1 nitrogen and oxygen atoms in total. The second-order valence-electron chi connectivity index (χ2n) is 5.57.